The lowest BCUT2D eigenvalue weighted by Crippen LogP contribution is -1.80. The predicted molar refractivity (Wildman–Crippen MR) is 58.9 cm³/mol. The largest absolute Gasteiger partial charge is 0.205 e. The Bertz CT molecular complexity index is 310. The van der Waals surface area contributed by atoms with E-state index >= 15 is 0 Å². The van der Waals surface area contributed by atoms with Gasteiger partial charge < -0.3 is 0 Å². The normalized spacial score (nSPS) is 11.0. The summed E-state index contributed by atoms with van der Waals surface area (Å²) in [6, 6.07) is 4.79. The first-order valence-electron chi connectivity index (χ1n) is 3.92. The van der Waals surface area contributed by atoms with E-state index in [2.05, 4.69) is 15.9 Å². The molecule has 0 radical (unpaired) electrons. The van der Waals surface area contributed by atoms with Gasteiger partial charge in [0.1, 0.15) is 5.82 Å². The van der Waals surface area contributed by atoms with Crippen LogP contribution in [-0.4, -0.2) is 5.33 Å². The summed E-state index contributed by atoms with van der Waals surface area (Å²) in [4.78, 5) is 0. The lowest BCUT2D eigenvalue weighted by atomic mass is 10.2. The average Bonchev–Trinajstić information content (AvgIpc) is 2.13. The van der Waals surface area contributed by atoms with Gasteiger partial charge in [-0.2, -0.15) is 0 Å². The van der Waals surface area contributed by atoms with E-state index in [1.165, 1.54) is 6.07 Å². The van der Waals surface area contributed by atoms with E-state index in [1.54, 1.807) is 12.1 Å². The van der Waals surface area contributed by atoms with Gasteiger partial charge in [-0.25, -0.2) is 4.39 Å². The fourth-order valence-electron chi connectivity index (χ4n) is 0.922. The molecule has 0 fully saturated rings. The highest BCUT2D eigenvalue weighted by Crippen LogP contribution is 2.20. The van der Waals surface area contributed by atoms with Gasteiger partial charge >= 0.3 is 0 Å². The number of halogens is 3. The molecule has 1 rings (SSSR count). The molecule has 3 heteroatoms. The zero-order chi connectivity index (χ0) is 9.68. The molecule has 0 saturated carbocycles. The van der Waals surface area contributed by atoms with Crippen molar-refractivity contribution in [1.29, 1.82) is 0 Å². The molecular formula is C10H9BrClF. The van der Waals surface area contributed by atoms with Gasteiger partial charge in [-0.05, 0) is 18.1 Å². The number of alkyl halides is 1. The lowest BCUT2D eigenvalue weighted by Gasteiger charge is -1.98. The molecule has 0 aliphatic rings. The molecule has 0 nitrogen and oxygen atoms in total. The van der Waals surface area contributed by atoms with E-state index in [4.69, 9.17) is 11.6 Å². The number of allylic oxidation sites excluding steroid dienone is 1. The molecule has 0 saturated heterocycles. The molecular weight excluding hydrogens is 254 g/mol. The summed E-state index contributed by atoms with van der Waals surface area (Å²) in [5.41, 5.74) is 0.725. The molecule has 70 valence electrons. The third-order valence-electron chi connectivity index (χ3n) is 1.55. The minimum Gasteiger partial charge on any atom is -0.205 e. The number of hydrogen-bond acceptors (Lipinski definition) is 0. The Labute approximate surface area is 90.5 Å². The van der Waals surface area contributed by atoms with E-state index in [0.717, 1.165) is 17.3 Å². The van der Waals surface area contributed by atoms with Crippen LogP contribution in [0.3, 0.4) is 0 Å². The number of benzene rings is 1. The number of rotatable bonds is 3. The summed E-state index contributed by atoms with van der Waals surface area (Å²) < 4.78 is 12.9. The van der Waals surface area contributed by atoms with Crippen LogP contribution in [0, 0.1) is 5.82 Å². The topological polar surface area (TPSA) is 0 Å². The van der Waals surface area contributed by atoms with E-state index in [0.29, 0.717) is 0 Å². The molecule has 0 amide bonds. The molecule has 0 atom stereocenters. The van der Waals surface area contributed by atoms with E-state index in [-0.39, 0.29) is 10.8 Å². The summed E-state index contributed by atoms with van der Waals surface area (Å²) in [6.07, 6.45) is 4.69. The molecule has 1 aromatic rings. The van der Waals surface area contributed by atoms with Crippen LogP contribution < -0.4 is 0 Å². The van der Waals surface area contributed by atoms with Crippen molar-refractivity contribution in [2.45, 2.75) is 6.42 Å². The Kier molecular flexibility index (Phi) is 4.46. The van der Waals surface area contributed by atoms with Gasteiger partial charge in [-0.3, -0.25) is 0 Å². The summed E-state index contributed by atoms with van der Waals surface area (Å²) >= 11 is 9.03. The van der Waals surface area contributed by atoms with Crippen molar-refractivity contribution in [3.05, 3.63) is 40.7 Å². The second kappa shape index (κ2) is 5.40. The maximum atomic E-state index is 12.9. The maximum Gasteiger partial charge on any atom is 0.142 e. The Balaban J connectivity index is 2.83. The van der Waals surface area contributed by atoms with Crippen LogP contribution in [0.5, 0.6) is 0 Å². The smallest absolute Gasteiger partial charge is 0.142 e. The van der Waals surface area contributed by atoms with Crippen LogP contribution in [0.2, 0.25) is 5.02 Å². The molecule has 1 aromatic carbocycles. The molecule has 0 aliphatic carbocycles. The molecule has 13 heavy (non-hydrogen) atoms. The van der Waals surface area contributed by atoms with Gasteiger partial charge in [0.15, 0.2) is 0 Å². The Morgan fingerprint density at radius 2 is 2.23 bits per heavy atom. The van der Waals surface area contributed by atoms with Crippen LogP contribution in [0.25, 0.3) is 6.08 Å². The third kappa shape index (κ3) is 3.12. The van der Waals surface area contributed by atoms with Crippen molar-refractivity contribution in [2.75, 3.05) is 5.33 Å². The van der Waals surface area contributed by atoms with Crippen LogP contribution in [0.4, 0.5) is 4.39 Å². The second-order valence-electron chi connectivity index (χ2n) is 2.52. The first-order chi connectivity index (χ1) is 6.25. The monoisotopic (exact) mass is 262 g/mol. The second-order valence-corrected chi connectivity index (χ2v) is 3.69. The standard InChI is InChI=1S/C10H9BrClF/c11-7-2-1-4-8-5-3-6-9(13)10(8)12/h1,3-6H,2,7H2. The Morgan fingerprint density at radius 3 is 2.92 bits per heavy atom. The molecule has 0 spiro atoms. The fraction of sp³-hybridized carbons (Fsp3) is 0.200. The van der Waals surface area contributed by atoms with Crippen molar-refractivity contribution in [1.82, 2.24) is 0 Å². The molecule has 0 unspecified atom stereocenters. The van der Waals surface area contributed by atoms with Gasteiger partial charge in [0.25, 0.3) is 0 Å². The van der Waals surface area contributed by atoms with Crippen LogP contribution in [0.15, 0.2) is 24.3 Å². The van der Waals surface area contributed by atoms with E-state index in [9.17, 15) is 4.39 Å². The van der Waals surface area contributed by atoms with Crippen molar-refractivity contribution >= 4 is 33.6 Å². The minimum atomic E-state index is -0.373. The average molecular weight is 264 g/mol. The van der Waals surface area contributed by atoms with Crippen molar-refractivity contribution in [3.8, 4) is 0 Å². The number of hydrogen-bond donors (Lipinski definition) is 0. The van der Waals surface area contributed by atoms with Gasteiger partial charge in [0.2, 0.25) is 0 Å². The van der Waals surface area contributed by atoms with Gasteiger partial charge in [-0.1, -0.05) is 51.8 Å². The van der Waals surface area contributed by atoms with E-state index in [1.807, 2.05) is 12.2 Å². The quantitative estimate of drug-likeness (QED) is 0.714. The van der Waals surface area contributed by atoms with Gasteiger partial charge in [0.05, 0.1) is 5.02 Å². The summed E-state index contributed by atoms with van der Waals surface area (Å²) in [5, 5.41) is 1.09. The maximum absolute atomic E-state index is 12.9. The molecule has 0 heterocycles. The molecule has 0 bridgehead atoms. The van der Waals surface area contributed by atoms with E-state index < -0.39 is 0 Å². The zero-order valence-corrected chi connectivity index (χ0v) is 9.28. The molecule has 0 aliphatic heterocycles. The van der Waals surface area contributed by atoms with Gasteiger partial charge in [0, 0.05) is 5.33 Å². The molecule has 0 aromatic heterocycles. The third-order valence-corrected chi connectivity index (χ3v) is 2.41. The van der Waals surface area contributed by atoms with Crippen molar-refractivity contribution in [3.63, 3.8) is 0 Å². The Hall–Kier alpha value is -0.340. The van der Waals surface area contributed by atoms with Crippen LogP contribution in [-0.2, 0) is 0 Å². The van der Waals surface area contributed by atoms with Crippen LogP contribution >= 0.6 is 27.5 Å². The highest BCUT2D eigenvalue weighted by Gasteiger charge is 2.01. The minimum absolute atomic E-state index is 0.188. The highest BCUT2D eigenvalue weighted by molar-refractivity contribution is 9.09. The zero-order valence-electron chi connectivity index (χ0n) is 6.93. The van der Waals surface area contributed by atoms with Crippen LogP contribution in [0.1, 0.15) is 12.0 Å². The predicted octanol–water partition coefficient (Wildman–Crippen LogP) is 4.28. The lowest BCUT2D eigenvalue weighted by molar-refractivity contribution is 0.628. The van der Waals surface area contributed by atoms with Crippen molar-refractivity contribution in [2.24, 2.45) is 0 Å². The van der Waals surface area contributed by atoms with Crippen molar-refractivity contribution < 1.29 is 4.39 Å². The molecule has 0 N–H and O–H groups in total. The first kappa shape index (κ1) is 10.7. The summed E-state index contributed by atoms with van der Waals surface area (Å²) in [7, 11) is 0. The Morgan fingerprint density at radius 1 is 1.46 bits per heavy atom. The summed E-state index contributed by atoms with van der Waals surface area (Å²) in [5.74, 6) is -0.373. The summed E-state index contributed by atoms with van der Waals surface area (Å²) in [6.45, 7) is 0. The SMILES string of the molecule is Fc1cccc(C=CCCBr)c1Cl. The highest BCUT2D eigenvalue weighted by atomic mass is 79.9. The fourth-order valence-corrected chi connectivity index (χ4v) is 1.38. The van der Waals surface area contributed by atoms with Gasteiger partial charge in [-0.15, -0.1) is 0 Å². The first-order valence-corrected chi connectivity index (χ1v) is 5.42.